The lowest BCUT2D eigenvalue weighted by atomic mass is 9.70. The summed E-state index contributed by atoms with van der Waals surface area (Å²) in [5.41, 5.74) is 9.19. The van der Waals surface area contributed by atoms with Gasteiger partial charge in [0.1, 0.15) is 0 Å². The molecule has 2 N–H and O–H groups in total. The van der Waals surface area contributed by atoms with Crippen LogP contribution >= 0.6 is 0 Å². The second-order valence-corrected chi connectivity index (χ2v) is 5.00. The van der Waals surface area contributed by atoms with Crippen molar-refractivity contribution in [2.45, 2.75) is 45.1 Å². The van der Waals surface area contributed by atoms with E-state index < -0.39 is 0 Å². The van der Waals surface area contributed by atoms with Crippen LogP contribution in [-0.4, -0.2) is 15.8 Å². The Kier molecular flexibility index (Phi) is 2.38. The van der Waals surface area contributed by atoms with Crippen molar-refractivity contribution in [2.24, 2.45) is 18.7 Å². The largest absolute Gasteiger partial charge is 0.327 e. The zero-order valence-electron chi connectivity index (χ0n) is 10.1. The fraction of sp³-hybridized carbons (Fsp3) is 0.750. The van der Waals surface area contributed by atoms with Gasteiger partial charge in [0.2, 0.25) is 0 Å². The van der Waals surface area contributed by atoms with Crippen molar-refractivity contribution in [3.8, 4) is 0 Å². The molecule has 0 saturated heterocycles. The molecule has 1 aliphatic carbocycles. The lowest BCUT2D eigenvalue weighted by Crippen LogP contribution is -2.47. The molecular formula is C12H21N3. The first-order valence-corrected chi connectivity index (χ1v) is 5.81. The Hall–Kier alpha value is -0.830. The highest BCUT2D eigenvalue weighted by atomic mass is 15.3. The summed E-state index contributed by atoms with van der Waals surface area (Å²) in [7, 11) is 2.03. The van der Waals surface area contributed by atoms with Crippen LogP contribution in [0.5, 0.6) is 0 Å². The van der Waals surface area contributed by atoms with E-state index in [0.717, 1.165) is 12.8 Å². The number of rotatable bonds is 2. The monoisotopic (exact) mass is 207 g/mol. The van der Waals surface area contributed by atoms with Crippen LogP contribution < -0.4 is 5.73 Å². The van der Waals surface area contributed by atoms with E-state index in [2.05, 4.69) is 25.9 Å². The van der Waals surface area contributed by atoms with Gasteiger partial charge in [-0.25, -0.2) is 0 Å². The zero-order valence-corrected chi connectivity index (χ0v) is 10.1. The summed E-state index contributed by atoms with van der Waals surface area (Å²) in [6.07, 6.45) is 4.06. The molecule has 1 aromatic heterocycles. The first-order chi connectivity index (χ1) is 7.04. The molecule has 0 aromatic carbocycles. The Bertz CT molecular complexity index is 367. The lowest BCUT2D eigenvalue weighted by molar-refractivity contribution is 0.243. The Morgan fingerprint density at radius 2 is 2.33 bits per heavy atom. The Morgan fingerprint density at radius 1 is 1.67 bits per heavy atom. The number of fused-ring (bicyclic) bond motifs is 1. The first kappa shape index (κ1) is 10.7. The SMILES string of the molecule is CC[C@]1(C(C)C)c2c(cnn2C)CC1N. The molecule has 1 aliphatic rings. The van der Waals surface area contributed by atoms with Gasteiger partial charge in [-0.05, 0) is 24.3 Å². The van der Waals surface area contributed by atoms with Gasteiger partial charge in [0.05, 0.1) is 6.20 Å². The summed E-state index contributed by atoms with van der Waals surface area (Å²) in [5, 5.41) is 4.36. The summed E-state index contributed by atoms with van der Waals surface area (Å²) >= 11 is 0. The third kappa shape index (κ3) is 1.19. The van der Waals surface area contributed by atoms with Crippen LogP contribution in [0.25, 0.3) is 0 Å². The summed E-state index contributed by atoms with van der Waals surface area (Å²) in [5.74, 6) is 0.564. The maximum absolute atomic E-state index is 6.35. The Labute approximate surface area is 91.7 Å². The number of aryl methyl sites for hydroxylation is 1. The predicted molar refractivity (Wildman–Crippen MR) is 61.7 cm³/mol. The third-order valence-electron chi connectivity index (χ3n) is 4.17. The standard InChI is InChI=1S/C12H21N3/c1-5-12(8(2)3)10(13)6-9-7-14-15(4)11(9)12/h7-8,10H,5-6,13H2,1-4H3/t10?,12-/m1/s1. The molecule has 0 spiro atoms. The molecular weight excluding hydrogens is 186 g/mol. The van der Waals surface area contributed by atoms with Gasteiger partial charge < -0.3 is 5.73 Å². The van der Waals surface area contributed by atoms with Crippen molar-refractivity contribution in [1.82, 2.24) is 9.78 Å². The molecule has 2 rings (SSSR count). The zero-order chi connectivity index (χ0) is 11.2. The van der Waals surface area contributed by atoms with E-state index in [1.54, 1.807) is 0 Å². The summed E-state index contributed by atoms with van der Waals surface area (Å²) in [4.78, 5) is 0. The maximum Gasteiger partial charge on any atom is 0.0525 e. The maximum atomic E-state index is 6.35. The summed E-state index contributed by atoms with van der Waals surface area (Å²) < 4.78 is 2.02. The van der Waals surface area contributed by atoms with E-state index in [4.69, 9.17) is 5.73 Å². The molecule has 15 heavy (non-hydrogen) atoms. The van der Waals surface area contributed by atoms with Crippen molar-refractivity contribution in [1.29, 1.82) is 0 Å². The minimum Gasteiger partial charge on any atom is -0.327 e. The molecule has 0 saturated carbocycles. The minimum absolute atomic E-state index is 0.126. The van der Waals surface area contributed by atoms with Crippen molar-refractivity contribution in [3.63, 3.8) is 0 Å². The molecule has 1 aromatic rings. The molecule has 84 valence electrons. The molecule has 2 atom stereocenters. The Morgan fingerprint density at radius 3 is 2.87 bits per heavy atom. The normalized spacial score (nSPS) is 29.9. The highest BCUT2D eigenvalue weighted by molar-refractivity contribution is 5.37. The topological polar surface area (TPSA) is 43.8 Å². The van der Waals surface area contributed by atoms with Crippen molar-refractivity contribution in [2.75, 3.05) is 0 Å². The van der Waals surface area contributed by atoms with Crippen LogP contribution in [0.2, 0.25) is 0 Å². The van der Waals surface area contributed by atoms with Gasteiger partial charge in [-0.1, -0.05) is 20.8 Å². The van der Waals surface area contributed by atoms with Crippen molar-refractivity contribution >= 4 is 0 Å². The first-order valence-electron chi connectivity index (χ1n) is 5.81. The van der Waals surface area contributed by atoms with Gasteiger partial charge in [0.15, 0.2) is 0 Å². The smallest absolute Gasteiger partial charge is 0.0525 e. The average Bonchev–Trinajstić information content (AvgIpc) is 2.65. The fourth-order valence-corrected chi connectivity index (χ4v) is 3.37. The number of hydrogen-bond donors (Lipinski definition) is 1. The van der Waals surface area contributed by atoms with Crippen LogP contribution in [0.3, 0.4) is 0 Å². The number of nitrogens with zero attached hydrogens (tertiary/aromatic N) is 2. The fourth-order valence-electron chi connectivity index (χ4n) is 3.37. The minimum atomic E-state index is 0.126. The average molecular weight is 207 g/mol. The van der Waals surface area contributed by atoms with Gasteiger partial charge in [0, 0.05) is 24.2 Å². The highest BCUT2D eigenvalue weighted by Crippen LogP contribution is 2.45. The van der Waals surface area contributed by atoms with Gasteiger partial charge in [0.25, 0.3) is 0 Å². The lowest BCUT2D eigenvalue weighted by Gasteiger charge is -2.37. The van der Waals surface area contributed by atoms with Crippen molar-refractivity contribution < 1.29 is 0 Å². The van der Waals surface area contributed by atoms with Crippen LogP contribution in [0.15, 0.2) is 6.20 Å². The van der Waals surface area contributed by atoms with E-state index in [9.17, 15) is 0 Å². The van der Waals surface area contributed by atoms with E-state index in [1.165, 1.54) is 11.3 Å². The number of hydrogen-bond acceptors (Lipinski definition) is 2. The van der Waals surface area contributed by atoms with Gasteiger partial charge in [-0.15, -0.1) is 0 Å². The van der Waals surface area contributed by atoms with Crippen LogP contribution in [0, 0.1) is 5.92 Å². The van der Waals surface area contributed by atoms with Crippen LogP contribution in [0.1, 0.15) is 38.4 Å². The number of nitrogens with two attached hydrogens (primary N) is 1. The quantitative estimate of drug-likeness (QED) is 0.800. The molecule has 0 aliphatic heterocycles. The molecule has 3 heteroatoms. The molecule has 0 amide bonds. The third-order valence-corrected chi connectivity index (χ3v) is 4.17. The second-order valence-electron chi connectivity index (χ2n) is 5.00. The predicted octanol–water partition coefficient (Wildman–Crippen LogP) is 1.61. The van der Waals surface area contributed by atoms with Crippen LogP contribution in [-0.2, 0) is 18.9 Å². The number of aromatic nitrogens is 2. The molecule has 1 heterocycles. The molecule has 1 unspecified atom stereocenters. The van der Waals surface area contributed by atoms with Gasteiger partial charge in [-0.2, -0.15) is 5.10 Å². The van der Waals surface area contributed by atoms with Crippen molar-refractivity contribution in [3.05, 3.63) is 17.5 Å². The van der Waals surface area contributed by atoms with E-state index in [1.807, 2.05) is 17.9 Å². The summed E-state index contributed by atoms with van der Waals surface area (Å²) in [6.45, 7) is 6.78. The van der Waals surface area contributed by atoms with Gasteiger partial charge in [-0.3, -0.25) is 4.68 Å². The summed E-state index contributed by atoms with van der Waals surface area (Å²) in [6, 6.07) is 0.252. The van der Waals surface area contributed by atoms with E-state index in [-0.39, 0.29) is 11.5 Å². The Balaban J connectivity index is 2.59. The second kappa shape index (κ2) is 3.34. The molecule has 3 nitrogen and oxygen atoms in total. The van der Waals surface area contributed by atoms with E-state index in [0.29, 0.717) is 5.92 Å². The molecule has 0 radical (unpaired) electrons. The molecule has 0 fully saturated rings. The van der Waals surface area contributed by atoms with Gasteiger partial charge >= 0.3 is 0 Å². The van der Waals surface area contributed by atoms with E-state index >= 15 is 0 Å². The van der Waals surface area contributed by atoms with Crippen LogP contribution in [0.4, 0.5) is 0 Å². The molecule has 0 bridgehead atoms. The highest BCUT2D eigenvalue weighted by Gasteiger charge is 2.48.